The summed E-state index contributed by atoms with van der Waals surface area (Å²) >= 11 is 5.02. The Bertz CT molecular complexity index is 173. The molecule has 1 aromatic rings. The van der Waals surface area contributed by atoms with Crippen molar-refractivity contribution < 1.29 is 0 Å². The molecule has 0 saturated carbocycles. The first-order chi connectivity index (χ1) is 3.84. The van der Waals surface area contributed by atoms with E-state index in [-0.39, 0.29) is 0 Å². The molecule has 0 unspecified atom stereocenters. The summed E-state index contributed by atoms with van der Waals surface area (Å²) in [6.45, 7) is 2.10. The highest BCUT2D eigenvalue weighted by molar-refractivity contribution is 9.11. The lowest BCUT2D eigenvalue weighted by Crippen LogP contribution is -1.76. The predicted octanol–water partition coefficient (Wildman–Crippen LogP) is 2.47. The maximum Gasteiger partial charge on any atom is 0.0928 e. The zero-order valence-corrected chi connectivity index (χ0v) is 6.92. The van der Waals surface area contributed by atoms with Gasteiger partial charge in [0.05, 0.1) is 15.0 Å². The zero-order chi connectivity index (χ0) is 5.98. The summed E-state index contributed by atoms with van der Waals surface area (Å²) in [5, 5.41) is 0. The van der Waals surface area contributed by atoms with E-state index in [1.54, 1.807) is 11.3 Å². The van der Waals surface area contributed by atoms with E-state index in [2.05, 4.69) is 27.8 Å². The lowest BCUT2D eigenvalue weighted by atomic mass is 10.4. The van der Waals surface area contributed by atoms with E-state index in [0.29, 0.717) is 0 Å². The second-order valence-corrected chi connectivity index (χ2v) is 3.60. The monoisotopic (exact) mass is 191 g/mol. The third kappa shape index (κ3) is 1.09. The number of thiazole rings is 1. The van der Waals surface area contributed by atoms with Gasteiger partial charge in [-0.3, -0.25) is 0 Å². The summed E-state index contributed by atoms with van der Waals surface area (Å²) in [6.07, 6.45) is 1.02. The van der Waals surface area contributed by atoms with Gasteiger partial charge in [-0.1, -0.05) is 6.92 Å². The molecule has 1 nitrogen and oxygen atoms in total. The maximum atomic E-state index is 4.11. The van der Waals surface area contributed by atoms with Gasteiger partial charge in [0.2, 0.25) is 0 Å². The molecular weight excluding hydrogens is 186 g/mol. The highest BCUT2D eigenvalue weighted by Gasteiger charge is 1.96. The van der Waals surface area contributed by atoms with Gasteiger partial charge in [-0.05, 0) is 22.4 Å². The Balaban J connectivity index is 2.92. The Hall–Kier alpha value is 0.110. The number of hydrogen-bond donors (Lipinski definition) is 0. The van der Waals surface area contributed by atoms with Crippen molar-refractivity contribution in [3.8, 4) is 0 Å². The van der Waals surface area contributed by atoms with Crippen LogP contribution in [0.4, 0.5) is 0 Å². The number of rotatable bonds is 1. The van der Waals surface area contributed by atoms with Crippen LogP contribution in [-0.2, 0) is 6.42 Å². The third-order valence-electron chi connectivity index (χ3n) is 0.926. The van der Waals surface area contributed by atoms with Gasteiger partial charge in [0.25, 0.3) is 0 Å². The van der Waals surface area contributed by atoms with Gasteiger partial charge >= 0.3 is 0 Å². The fourth-order valence-corrected chi connectivity index (χ4v) is 1.72. The van der Waals surface area contributed by atoms with Crippen LogP contribution in [0.1, 0.15) is 12.6 Å². The smallest absolute Gasteiger partial charge is 0.0928 e. The predicted molar refractivity (Wildman–Crippen MR) is 39.2 cm³/mol. The van der Waals surface area contributed by atoms with Crippen LogP contribution in [0.5, 0.6) is 0 Å². The van der Waals surface area contributed by atoms with E-state index in [1.165, 1.54) is 3.79 Å². The standard InChI is InChI=1S/C5H6BrNS/c1-2-4-5(6)8-3-7-4/h3H,2H2,1H3. The fraction of sp³-hybridized carbons (Fsp3) is 0.400. The lowest BCUT2D eigenvalue weighted by Gasteiger charge is -1.83. The molecule has 0 aliphatic heterocycles. The van der Waals surface area contributed by atoms with Crippen molar-refractivity contribution in [3.63, 3.8) is 0 Å². The molecule has 0 aromatic carbocycles. The molecule has 3 heteroatoms. The maximum absolute atomic E-state index is 4.11. The van der Waals surface area contributed by atoms with Crippen molar-refractivity contribution in [3.05, 3.63) is 15.0 Å². The minimum absolute atomic E-state index is 1.02. The molecule has 0 aliphatic rings. The molecule has 0 amide bonds. The first kappa shape index (κ1) is 6.23. The van der Waals surface area contributed by atoms with Crippen molar-refractivity contribution >= 4 is 27.3 Å². The Kier molecular flexibility index (Phi) is 2.02. The summed E-state index contributed by atoms with van der Waals surface area (Å²) in [5.41, 5.74) is 3.01. The summed E-state index contributed by atoms with van der Waals surface area (Å²) in [6, 6.07) is 0. The van der Waals surface area contributed by atoms with Gasteiger partial charge in [-0.25, -0.2) is 4.98 Å². The van der Waals surface area contributed by atoms with E-state index in [0.717, 1.165) is 12.1 Å². The van der Waals surface area contributed by atoms with Crippen LogP contribution >= 0.6 is 27.3 Å². The Morgan fingerprint density at radius 2 is 2.62 bits per heavy atom. The van der Waals surface area contributed by atoms with Gasteiger partial charge in [0.15, 0.2) is 0 Å². The fourth-order valence-electron chi connectivity index (χ4n) is 0.485. The minimum Gasteiger partial charge on any atom is -0.249 e. The second-order valence-electron chi connectivity index (χ2n) is 1.43. The van der Waals surface area contributed by atoms with Crippen LogP contribution < -0.4 is 0 Å². The summed E-state index contributed by atoms with van der Waals surface area (Å²) < 4.78 is 1.17. The largest absolute Gasteiger partial charge is 0.249 e. The van der Waals surface area contributed by atoms with Crippen molar-refractivity contribution in [1.29, 1.82) is 0 Å². The molecular formula is C5H6BrNS. The Morgan fingerprint density at radius 1 is 1.88 bits per heavy atom. The number of aromatic nitrogens is 1. The average Bonchev–Trinajstić information content (AvgIpc) is 2.14. The molecule has 44 valence electrons. The van der Waals surface area contributed by atoms with E-state index in [4.69, 9.17) is 0 Å². The molecule has 0 radical (unpaired) electrons. The molecule has 0 atom stereocenters. The molecule has 0 spiro atoms. The third-order valence-corrected chi connectivity index (χ3v) is 2.60. The highest BCUT2D eigenvalue weighted by atomic mass is 79.9. The first-order valence-electron chi connectivity index (χ1n) is 2.42. The quantitative estimate of drug-likeness (QED) is 0.665. The molecule has 0 bridgehead atoms. The lowest BCUT2D eigenvalue weighted by molar-refractivity contribution is 1.05. The van der Waals surface area contributed by atoms with Crippen molar-refractivity contribution in [2.24, 2.45) is 0 Å². The number of aryl methyl sites for hydroxylation is 1. The molecule has 0 fully saturated rings. The van der Waals surface area contributed by atoms with E-state index in [1.807, 2.05) is 5.51 Å². The molecule has 0 N–H and O–H groups in total. The van der Waals surface area contributed by atoms with Gasteiger partial charge in [-0.15, -0.1) is 11.3 Å². The Labute approximate surface area is 60.9 Å². The first-order valence-corrected chi connectivity index (χ1v) is 4.09. The minimum atomic E-state index is 1.02. The van der Waals surface area contributed by atoms with Crippen LogP contribution in [0.25, 0.3) is 0 Å². The number of halogens is 1. The topological polar surface area (TPSA) is 12.9 Å². The second kappa shape index (κ2) is 2.60. The number of nitrogens with zero attached hydrogens (tertiary/aromatic N) is 1. The van der Waals surface area contributed by atoms with Crippen LogP contribution in [0.15, 0.2) is 9.30 Å². The summed E-state index contributed by atoms with van der Waals surface area (Å²) in [5.74, 6) is 0. The molecule has 1 aromatic heterocycles. The highest BCUT2D eigenvalue weighted by Crippen LogP contribution is 2.20. The molecule has 8 heavy (non-hydrogen) atoms. The van der Waals surface area contributed by atoms with Crippen LogP contribution in [0, 0.1) is 0 Å². The van der Waals surface area contributed by atoms with Gasteiger partial charge in [-0.2, -0.15) is 0 Å². The van der Waals surface area contributed by atoms with Gasteiger partial charge in [0.1, 0.15) is 0 Å². The molecule has 0 saturated heterocycles. The van der Waals surface area contributed by atoms with Crippen LogP contribution in [0.2, 0.25) is 0 Å². The van der Waals surface area contributed by atoms with E-state index >= 15 is 0 Å². The Morgan fingerprint density at radius 3 is 2.88 bits per heavy atom. The van der Waals surface area contributed by atoms with Gasteiger partial charge in [0, 0.05) is 0 Å². The van der Waals surface area contributed by atoms with Crippen molar-refractivity contribution in [1.82, 2.24) is 4.98 Å². The molecule has 1 heterocycles. The van der Waals surface area contributed by atoms with Crippen LogP contribution in [0.3, 0.4) is 0 Å². The van der Waals surface area contributed by atoms with Crippen LogP contribution in [-0.4, -0.2) is 4.98 Å². The molecule has 0 aliphatic carbocycles. The number of hydrogen-bond acceptors (Lipinski definition) is 2. The van der Waals surface area contributed by atoms with Crippen molar-refractivity contribution in [2.75, 3.05) is 0 Å². The van der Waals surface area contributed by atoms with E-state index in [9.17, 15) is 0 Å². The van der Waals surface area contributed by atoms with E-state index < -0.39 is 0 Å². The average molecular weight is 192 g/mol. The SMILES string of the molecule is CCc1ncsc1Br. The normalized spacial score (nSPS) is 9.75. The van der Waals surface area contributed by atoms with Crippen molar-refractivity contribution in [2.45, 2.75) is 13.3 Å². The summed E-state index contributed by atoms with van der Waals surface area (Å²) in [4.78, 5) is 4.11. The zero-order valence-electron chi connectivity index (χ0n) is 4.52. The molecule has 1 rings (SSSR count). The van der Waals surface area contributed by atoms with Gasteiger partial charge < -0.3 is 0 Å². The summed E-state index contributed by atoms with van der Waals surface area (Å²) in [7, 11) is 0.